The van der Waals surface area contributed by atoms with E-state index in [2.05, 4.69) is 10.3 Å². The summed E-state index contributed by atoms with van der Waals surface area (Å²) in [5, 5.41) is 12.5. The van der Waals surface area contributed by atoms with Crippen molar-refractivity contribution in [2.75, 3.05) is 11.9 Å². The number of benzene rings is 1. The van der Waals surface area contributed by atoms with Gasteiger partial charge < -0.3 is 20.1 Å². The lowest BCUT2D eigenvalue weighted by molar-refractivity contribution is -0.119. The fraction of sp³-hybridized carbons (Fsp3) is 0.368. The number of hydrogen-bond donors (Lipinski definition) is 3. The molecule has 0 aliphatic carbocycles. The molecular formula is C19H24N2O4. The molecule has 134 valence electrons. The lowest BCUT2D eigenvalue weighted by Crippen LogP contribution is -2.22. The molecule has 1 aromatic heterocycles. The first-order valence-corrected chi connectivity index (χ1v) is 8.12. The minimum absolute atomic E-state index is 0.257. The third kappa shape index (κ3) is 4.09. The van der Waals surface area contributed by atoms with Crippen LogP contribution in [-0.4, -0.2) is 28.6 Å². The molecule has 0 radical (unpaired) electrons. The molecule has 25 heavy (non-hydrogen) atoms. The van der Waals surface area contributed by atoms with Crippen LogP contribution in [0.25, 0.3) is 0 Å². The predicted molar refractivity (Wildman–Crippen MR) is 95.7 cm³/mol. The van der Waals surface area contributed by atoms with Crippen molar-refractivity contribution in [1.29, 1.82) is 0 Å². The van der Waals surface area contributed by atoms with Crippen LogP contribution >= 0.6 is 0 Å². The van der Waals surface area contributed by atoms with Gasteiger partial charge in [0.15, 0.2) is 6.61 Å². The molecule has 0 spiro atoms. The SMILES string of the molecule is Cc1cccc(NC(=O)COC(=O)c2[nH]c(C)c([C@H](C)O)c2C)c1C. The Balaban J connectivity index is 2.02. The molecule has 1 amide bonds. The van der Waals surface area contributed by atoms with Gasteiger partial charge in [-0.25, -0.2) is 4.79 Å². The largest absolute Gasteiger partial charge is 0.451 e. The molecule has 0 aliphatic heterocycles. The predicted octanol–water partition coefficient (Wildman–Crippen LogP) is 3.10. The van der Waals surface area contributed by atoms with E-state index in [1.54, 1.807) is 26.8 Å². The molecule has 0 saturated carbocycles. The van der Waals surface area contributed by atoms with Crippen molar-refractivity contribution in [2.24, 2.45) is 0 Å². The van der Waals surface area contributed by atoms with Crippen LogP contribution < -0.4 is 5.32 Å². The smallest absolute Gasteiger partial charge is 0.355 e. The van der Waals surface area contributed by atoms with Crippen molar-refractivity contribution in [3.05, 3.63) is 51.8 Å². The van der Waals surface area contributed by atoms with E-state index in [-0.39, 0.29) is 12.3 Å². The highest BCUT2D eigenvalue weighted by atomic mass is 16.5. The Morgan fingerprint density at radius 1 is 1.20 bits per heavy atom. The van der Waals surface area contributed by atoms with Crippen LogP contribution in [-0.2, 0) is 9.53 Å². The molecule has 0 unspecified atom stereocenters. The van der Waals surface area contributed by atoms with Gasteiger partial charge in [-0.2, -0.15) is 0 Å². The van der Waals surface area contributed by atoms with Crippen molar-refractivity contribution in [3.8, 4) is 0 Å². The number of hydrogen-bond acceptors (Lipinski definition) is 4. The number of aliphatic hydroxyl groups excluding tert-OH is 1. The van der Waals surface area contributed by atoms with Crippen LogP contribution in [0.1, 0.15) is 51.5 Å². The molecule has 0 bridgehead atoms. The maximum absolute atomic E-state index is 12.2. The maximum atomic E-state index is 12.2. The number of aromatic amines is 1. The fourth-order valence-electron chi connectivity index (χ4n) is 2.87. The van der Waals surface area contributed by atoms with Gasteiger partial charge in [-0.05, 0) is 57.4 Å². The summed E-state index contributed by atoms with van der Waals surface area (Å²) in [7, 11) is 0. The topological polar surface area (TPSA) is 91.4 Å². The lowest BCUT2D eigenvalue weighted by Gasteiger charge is -2.10. The number of aromatic nitrogens is 1. The quantitative estimate of drug-likeness (QED) is 0.727. The molecule has 2 aromatic rings. The minimum atomic E-state index is -0.689. The van der Waals surface area contributed by atoms with Crippen molar-refractivity contribution in [3.63, 3.8) is 0 Å². The number of nitrogens with one attached hydrogen (secondary N) is 2. The second-order valence-corrected chi connectivity index (χ2v) is 6.21. The number of rotatable bonds is 5. The number of amides is 1. The number of aryl methyl sites for hydroxylation is 2. The molecule has 0 aliphatic rings. The molecule has 3 N–H and O–H groups in total. The number of ether oxygens (including phenoxy) is 1. The standard InChI is InChI=1S/C19H24N2O4/c1-10-7-6-8-15(11(10)2)21-16(23)9-25-19(24)18-12(3)17(14(5)22)13(4)20-18/h6-8,14,20,22H,9H2,1-5H3,(H,21,23)/t14-/m0/s1. The summed E-state index contributed by atoms with van der Waals surface area (Å²) in [4.78, 5) is 27.2. The van der Waals surface area contributed by atoms with Gasteiger partial charge in [0.25, 0.3) is 5.91 Å². The first-order valence-electron chi connectivity index (χ1n) is 8.12. The van der Waals surface area contributed by atoms with Gasteiger partial charge in [-0.15, -0.1) is 0 Å². The highest BCUT2D eigenvalue weighted by Crippen LogP contribution is 2.25. The fourth-order valence-corrected chi connectivity index (χ4v) is 2.87. The summed E-state index contributed by atoms with van der Waals surface area (Å²) < 4.78 is 5.10. The Labute approximate surface area is 147 Å². The summed E-state index contributed by atoms with van der Waals surface area (Å²) in [6.45, 7) is 8.64. The molecule has 2 rings (SSSR count). The third-order valence-corrected chi connectivity index (χ3v) is 4.33. The Morgan fingerprint density at radius 2 is 1.88 bits per heavy atom. The van der Waals surface area contributed by atoms with Crippen LogP contribution in [0.5, 0.6) is 0 Å². The average Bonchev–Trinajstić information content (AvgIpc) is 2.84. The van der Waals surface area contributed by atoms with Crippen molar-refractivity contribution < 1.29 is 19.4 Å². The van der Waals surface area contributed by atoms with Crippen LogP contribution in [0.15, 0.2) is 18.2 Å². The van der Waals surface area contributed by atoms with Crippen molar-refractivity contribution in [2.45, 2.75) is 40.7 Å². The van der Waals surface area contributed by atoms with E-state index in [4.69, 9.17) is 4.74 Å². The van der Waals surface area contributed by atoms with Crippen LogP contribution in [0.2, 0.25) is 0 Å². The molecule has 0 fully saturated rings. The zero-order chi connectivity index (χ0) is 18.7. The van der Waals surface area contributed by atoms with Gasteiger partial charge >= 0.3 is 5.97 Å². The van der Waals surface area contributed by atoms with E-state index in [0.717, 1.165) is 11.1 Å². The molecule has 6 nitrogen and oxygen atoms in total. The number of aliphatic hydroxyl groups is 1. The minimum Gasteiger partial charge on any atom is -0.451 e. The van der Waals surface area contributed by atoms with E-state index in [0.29, 0.717) is 22.5 Å². The highest BCUT2D eigenvalue weighted by molar-refractivity contribution is 5.96. The van der Waals surface area contributed by atoms with Crippen LogP contribution in [0.3, 0.4) is 0 Å². The number of carbonyl (C=O) groups is 2. The zero-order valence-electron chi connectivity index (χ0n) is 15.2. The summed E-state index contributed by atoms with van der Waals surface area (Å²) >= 11 is 0. The molecule has 1 atom stereocenters. The first-order chi connectivity index (χ1) is 11.7. The van der Waals surface area contributed by atoms with Gasteiger partial charge in [0.05, 0.1) is 6.10 Å². The van der Waals surface area contributed by atoms with Gasteiger partial charge in [0.2, 0.25) is 0 Å². The van der Waals surface area contributed by atoms with Crippen LogP contribution in [0, 0.1) is 27.7 Å². The highest BCUT2D eigenvalue weighted by Gasteiger charge is 2.21. The summed E-state index contributed by atoms with van der Waals surface area (Å²) in [6, 6.07) is 5.61. The number of esters is 1. The van der Waals surface area contributed by atoms with E-state index in [1.807, 2.05) is 26.0 Å². The Bertz CT molecular complexity index is 806. The Morgan fingerprint density at radius 3 is 2.48 bits per heavy atom. The number of carbonyl (C=O) groups excluding carboxylic acids is 2. The van der Waals surface area contributed by atoms with E-state index in [1.165, 1.54) is 0 Å². The van der Waals surface area contributed by atoms with Gasteiger partial charge in [-0.1, -0.05) is 12.1 Å². The monoisotopic (exact) mass is 344 g/mol. The molecule has 1 aromatic carbocycles. The van der Waals surface area contributed by atoms with Crippen LogP contribution in [0.4, 0.5) is 5.69 Å². The Hall–Kier alpha value is -2.60. The number of anilines is 1. The molecule has 1 heterocycles. The van der Waals surface area contributed by atoms with Gasteiger partial charge in [-0.3, -0.25) is 4.79 Å². The summed E-state index contributed by atoms with van der Waals surface area (Å²) in [6.07, 6.45) is -0.689. The Kier molecular flexibility index (Phi) is 5.64. The van der Waals surface area contributed by atoms with Crippen molar-refractivity contribution in [1.82, 2.24) is 4.98 Å². The van der Waals surface area contributed by atoms with Gasteiger partial charge in [0.1, 0.15) is 5.69 Å². The zero-order valence-corrected chi connectivity index (χ0v) is 15.2. The summed E-state index contributed by atoms with van der Waals surface area (Å²) in [5.41, 5.74) is 5.01. The maximum Gasteiger partial charge on any atom is 0.355 e. The number of H-pyrrole nitrogens is 1. The molecule has 6 heteroatoms. The molecule has 0 saturated heterocycles. The lowest BCUT2D eigenvalue weighted by atomic mass is 10.1. The molecular weight excluding hydrogens is 320 g/mol. The first kappa shape index (κ1) is 18.7. The van der Waals surface area contributed by atoms with E-state index < -0.39 is 18.0 Å². The van der Waals surface area contributed by atoms with E-state index in [9.17, 15) is 14.7 Å². The van der Waals surface area contributed by atoms with Gasteiger partial charge in [0, 0.05) is 16.9 Å². The normalized spacial score (nSPS) is 11.9. The second-order valence-electron chi connectivity index (χ2n) is 6.21. The average molecular weight is 344 g/mol. The summed E-state index contributed by atoms with van der Waals surface area (Å²) in [5.74, 6) is -1.03. The van der Waals surface area contributed by atoms with Crippen molar-refractivity contribution >= 4 is 17.6 Å². The third-order valence-electron chi connectivity index (χ3n) is 4.33. The van der Waals surface area contributed by atoms with E-state index >= 15 is 0 Å². The second kappa shape index (κ2) is 7.53.